The van der Waals surface area contributed by atoms with Crippen LogP contribution in [0.5, 0.6) is 23.0 Å². The molecule has 3 heteroatoms. The SMILES string of the molecule is CC(C)(C)Oc1ccc(Oc2ccc(O)cc2C(C)(C)C)cc1. The zero-order valence-corrected chi connectivity index (χ0v) is 14.8. The molecule has 2 aromatic rings. The lowest BCUT2D eigenvalue weighted by atomic mass is 9.86. The molecule has 124 valence electrons. The zero-order chi connectivity index (χ0) is 17.3. The van der Waals surface area contributed by atoms with E-state index in [-0.39, 0.29) is 16.8 Å². The largest absolute Gasteiger partial charge is 0.508 e. The third kappa shape index (κ3) is 4.92. The van der Waals surface area contributed by atoms with E-state index >= 15 is 0 Å². The minimum Gasteiger partial charge on any atom is -0.508 e. The van der Waals surface area contributed by atoms with E-state index in [2.05, 4.69) is 20.8 Å². The van der Waals surface area contributed by atoms with Crippen molar-refractivity contribution in [1.29, 1.82) is 0 Å². The summed E-state index contributed by atoms with van der Waals surface area (Å²) in [6, 6.07) is 12.8. The number of phenols is 1. The van der Waals surface area contributed by atoms with Crippen molar-refractivity contribution < 1.29 is 14.6 Å². The Morgan fingerprint density at radius 2 is 1.35 bits per heavy atom. The minimum absolute atomic E-state index is 0.122. The third-order valence-electron chi connectivity index (χ3n) is 3.25. The van der Waals surface area contributed by atoms with Gasteiger partial charge in [-0.3, -0.25) is 0 Å². The van der Waals surface area contributed by atoms with Gasteiger partial charge in [0, 0.05) is 5.56 Å². The quantitative estimate of drug-likeness (QED) is 0.794. The lowest BCUT2D eigenvalue weighted by Crippen LogP contribution is -2.22. The predicted molar refractivity (Wildman–Crippen MR) is 93.7 cm³/mol. The smallest absolute Gasteiger partial charge is 0.131 e. The number of hydrogen-bond donors (Lipinski definition) is 1. The summed E-state index contributed by atoms with van der Waals surface area (Å²) in [5, 5.41) is 9.74. The Bertz CT molecular complexity index is 659. The van der Waals surface area contributed by atoms with Crippen molar-refractivity contribution in [2.45, 2.75) is 52.6 Å². The molecule has 0 radical (unpaired) electrons. The van der Waals surface area contributed by atoms with Crippen LogP contribution < -0.4 is 9.47 Å². The van der Waals surface area contributed by atoms with Crippen molar-refractivity contribution in [3.05, 3.63) is 48.0 Å². The summed E-state index contributed by atoms with van der Waals surface area (Å²) in [5.74, 6) is 2.55. The van der Waals surface area contributed by atoms with Crippen LogP contribution in [0.15, 0.2) is 42.5 Å². The van der Waals surface area contributed by atoms with E-state index in [0.29, 0.717) is 0 Å². The Morgan fingerprint density at radius 1 is 0.783 bits per heavy atom. The Hall–Kier alpha value is -2.16. The second-order valence-corrected chi connectivity index (χ2v) is 7.72. The average molecular weight is 314 g/mol. The van der Waals surface area contributed by atoms with Gasteiger partial charge >= 0.3 is 0 Å². The number of hydrogen-bond acceptors (Lipinski definition) is 3. The number of aromatic hydroxyl groups is 1. The molecule has 2 rings (SSSR count). The summed E-state index contributed by atoms with van der Waals surface area (Å²) in [6.45, 7) is 12.3. The lowest BCUT2D eigenvalue weighted by molar-refractivity contribution is 0.131. The molecule has 0 bridgehead atoms. The highest BCUT2D eigenvalue weighted by molar-refractivity contribution is 5.46. The minimum atomic E-state index is -0.223. The van der Waals surface area contributed by atoms with Gasteiger partial charge in [-0.2, -0.15) is 0 Å². The van der Waals surface area contributed by atoms with Gasteiger partial charge < -0.3 is 14.6 Å². The summed E-state index contributed by atoms with van der Waals surface area (Å²) in [4.78, 5) is 0. The Labute approximate surface area is 138 Å². The normalized spacial score (nSPS) is 12.1. The van der Waals surface area contributed by atoms with E-state index in [0.717, 1.165) is 22.8 Å². The van der Waals surface area contributed by atoms with Gasteiger partial charge in [-0.15, -0.1) is 0 Å². The molecule has 0 aromatic heterocycles. The Kier molecular flexibility index (Phi) is 4.60. The molecule has 0 fully saturated rings. The fourth-order valence-electron chi connectivity index (χ4n) is 2.25. The molecular weight excluding hydrogens is 288 g/mol. The highest BCUT2D eigenvalue weighted by Gasteiger charge is 2.20. The van der Waals surface area contributed by atoms with Crippen molar-refractivity contribution in [1.82, 2.24) is 0 Å². The van der Waals surface area contributed by atoms with Gasteiger partial charge in [0.1, 0.15) is 28.6 Å². The monoisotopic (exact) mass is 314 g/mol. The summed E-state index contributed by atoms with van der Waals surface area (Å²) in [6.07, 6.45) is 0. The first-order chi connectivity index (χ1) is 10.5. The molecular formula is C20H26O3. The summed E-state index contributed by atoms with van der Waals surface area (Å²) in [7, 11) is 0. The first kappa shape index (κ1) is 17.2. The second-order valence-electron chi connectivity index (χ2n) is 7.72. The molecule has 0 aliphatic heterocycles. The maximum Gasteiger partial charge on any atom is 0.131 e. The van der Waals surface area contributed by atoms with Crippen molar-refractivity contribution in [3.63, 3.8) is 0 Å². The molecule has 0 atom stereocenters. The fourth-order valence-corrected chi connectivity index (χ4v) is 2.25. The van der Waals surface area contributed by atoms with Crippen LogP contribution in [-0.2, 0) is 5.41 Å². The summed E-state index contributed by atoms with van der Waals surface area (Å²) >= 11 is 0. The summed E-state index contributed by atoms with van der Waals surface area (Å²) in [5.41, 5.74) is 0.620. The van der Waals surface area contributed by atoms with Gasteiger partial charge in [-0.1, -0.05) is 20.8 Å². The van der Waals surface area contributed by atoms with Crippen LogP contribution >= 0.6 is 0 Å². The van der Waals surface area contributed by atoms with Crippen LogP contribution in [0.25, 0.3) is 0 Å². The number of ether oxygens (including phenoxy) is 2. The maximum atomic E-state index is 9.74. The molecule has 0 aliphatic rings. The van der Waals surface area contributed by atoms with Crippen LogP contribution in [0.3, 0.4) is 0 Å². The molecule has 0 saturated heterocycles. The van der Waals surface area contributed by atoms with Gasteiger partial charge in [0.05, 0.1) is 0 Å². The molecule has 0 heterocycles. The topological polar surface area (TPSA) is 38.7 Å². The van der Waals surface area contributed by atoms with E-state index in [1.807, 2.05) is 45.0 Å². The zero-order valence-electron chi connectivity index (χ0n) is 14.8. The Morgan fingerprint density at radius 3 is 1.87 bits per heavy atom. The van der Waals surface area contributed by atoms with Gasteiger partial charge in [0.25, 0.3) is 0 Å². The number of rotatable bonds is 3. The lowest BCUT2D eigenvalue weighted by Gasteiger charge is -2.23. The molecule has 3 nitrogen and oxygen atoms in total. The predicted octanol–water partition coefficient (Wildman–Crippen LogP) is 5.66. The maximum absolute atomic E-state index is 9.74. The highest BCUT2D eigenvalue weighted by Crippen LogP contribution is 2.36. The van der Waals surface area contributed by atoms with Crippen LogP contribution in [0.1, 0.15) is 47.1 Å². The molecule has 23 heavy (non-hydrogen) atoms. The van der Waals surface area contributed by atoms with Crippen LogP contribution in [-0.4, -0.2) is 10.7 Å². The van der Waals surface area contributed by atoms with Gasteiger partial charge in [0.2, 0.25) is 0 Å². The van der Waals surface area contributed by atoms with E-state index in [4.69, 9.17) is 9.47 Å². The molecule has 0 unspecified atom stereocenters. The van der Waals surface area contributed by atoms with Crippen molar-refractivity contribution in [3.8, 4) is 23.0 Å². The number of phenolic OH excluding ortho intramolecular Hbond substituents is 1. The molecule has 1 N–H and O–H groups in total. The van der Waals surface area contributed by atoms with Gasteiger partial charge in [-0.25, -0.2) is 0 Å². The first-order valence-electron chi connectivity index (χ1n) is 7.85. The number of benzene rings is 2. The second kappa shape index (κ2) is 6.15. The van der Waals surface area contributed by atoms with E-state index in [9.17, 15) is 5.11 Å². The fraction of sp³-hybridized carbons (Fsp3) is 0.400. The molecule has 0 amide bonds. The first-order valence-corrected chi connectivity index (χ1v) is 7.85. The standard InChI is InChI=1S/C20H26O3/c1-19(2,3)17-13-14(21)7-12-18(17)22-15-8-10-16(11-9-15)23-20(4,5)6/h7-13,21H,1-6H3. The van der Waals surface area contributed by atoms with Crippen LogP contribution in [0.4, 0.5) is 0 Å². The van der Waals surface area contributed by atoms with Gasteiger partial charge in [-0.05, 0) is 68.7 Å². The average Bonchev–Trinajstić information content (AvgIpc) is 2.40. The Balaban J connectivity index is 2.23. The van der Waals surface area contributed by atoms with E-state index in [1.54, 1.807) is 18.2 Å². The third-order valence-corrected chi connectivity index (χ3v) is 3.25. The highest BCUT2D eigenvalue weighted by atomic mass is 16.5. The molecule has 2 aromatic carbocycles. The van der Waals surface area contributed by atoms with Crippen molar-refractivity contribution in [2.24, 2.45) is 0 Å². The molecule has 0 aliphatic carbocycles. The molecule has 0 spiro atoms. The molecule has 0 saturated carbocycles. The summed E-state index contributed by atoms with van der Waals surface area (Å²) < 4.78 is 11.8. The van der Waals surface area contributed by atoms with Crippen molar-refractivity contribution >= 4 is 0 Å². The van der Waals surface area contributed by atoms with Crippen LogP contribution in [0.2, 0.25) is 0 Å². The van der Waals surface area contributed by atoms with E-state index < -0.39 is 0 Å². The van der Waals surface area contributed by atoms with Gasteiger partial charge in [0.15, 0.2) is 0 Å². The van der Waals surface area contributed by atoms with E-state index in [1.165, 1.54) is 0 Å². The van der Waals surface area contributed by atoms with Crippen molar-refractivity contribution in [2.75, 3.05) is 0 Å². The van der Waals surface area contributed by atoms with Crippen LogP contribution in [0, 0.1) is 0 Å².